The summed E-state index contributed by atoms with van der Waals surface area (Å²) in [5, 5.41) is 13.9. The van der Waals surface area contributed by atoms with Crippen LogP contribution in [0.5, 0.6) is 0 Å². The number of aromatic nitrogens is 1. The second-order valence-electron chi connectivity index (χ2n) is 8.61. The third-order valence-corrected chi connectivity index (χ3v) is 6.30. The highest BCUT2D eigenvalue weighted by Crippen LogP contribution is 2.39. The quantitative estimate of drug-likeness (QED) is 0.396. The molecule has 6 nitrogen and oxygen atoms in total. The molecule has 0 spiro atoms. The van der Waals surface area contributed by atoms with Crippen molar-refractivity contribution in [2.24, 2.45) is 0 Å². The fourth-order valence-electron chi connectivity index (χ4n) is 4.74. The zero-order valence-corrected chi connectivity index (χ0v) is 18.4. The van der Waals surface area contributed by atoms with Crippen LogP contribution in [0.4, 0.5) is 11.4 Å². The molecule has 1 aliphatic heterocycles. The minimum atomic E-state index is -0.950. The van der Waals surface area contributed by atoms with Gasteiger partial charge in [0, 0.05) is 35.9 Å². The predicted molar refractivity (Wildman–Crippen MR) is 128 cm³/mol. The molecule has 0 bridgehead atoms. The van der Waals surface area contributed by atoms with Gasteiger partial charge < -0.3 is 19.7 Å². The third kappa shape index (κ3) is 3.55. The highest BCUT2D eigenvalue weighted by Gasteiger charge is 2.22. The number of pyridine rings is 1. The molecule has 2 N–H and O–H groups in total. The second kappa shape index (κ2) is 8.19. The fourth-order valence-corrected chi connectivity index (χ4v) is 4.74. The number of nitrogens with one attached hydrogen (secondary N) is 1. The van der Waals surface area contributed by atoms with Gasteiger partial charge in [-0.05, 0) is 62.9 Å². The number of carboxylic acid groups (broad SMARTS) is 1. The molecular weight excluding hydrogens is 402 g/mol. The Morgan fingerprint density at radius 3 is 2.69 bits per heavy atom. The molecule has 1 saturated heterocycles. The van der Waals surface area contributed by atoms with Crippen LogP contribution in [0, 0.1) is 6.92 Å². The van der Waals surface area contributed by atoms with E-state index in [9.17, 15) is 9.90 Å². The molecule has 1 atom stereocenters. The number of hydrogen-bond acceptors (Lipinski definition) is 5. The lowest BCUT2D eigenvalue weighted by Crippen LogP contribution is -2.29. The van der Waals surface area contributed by atoms with Crippen LogP contribution in [0.25, 0.3) is 22.1 Å². The number of fused-ring (bicyclic) bond motifs is 3. The molecule has 2 aromatic heterocycles. The number of carbonyl (C=O) groups is 1. The lowest BCUT2D eigenvalue weighted by Gasteiger charge is -2.28. The Kier molecular flexibility index (Phi) is 5.21. The van der Waals surface area contributed by atoms with Crippen LogP contribution < -0.4 is 10.2 Å². The number of aryl methyl sites for hydroxylation is 1. The summed E-state index contributed by atoms with van der Waals surface area (Å²) < 4.78 is 6.50. The van der Waals surface area contributed by atoms with E-state index in [0.717, 1.165) is 52.0 Å². The summed E-state index contributed by atoms with van der Waals surface area (Å²) in [5.74, 6) is -0.950. The third-order valence-electron chi connectivity index (χ3n) is 6.30. The summed E-state index contributed by atoms with van der Waals surface area (Å²) in [4.78, 5) is 18.7. The number of hydrogen-bond donors (Lipinski definition) is 2. The van der Waals surface area contributed by atoms with Gasteiger partial charge in [-0.15, -0.1) is 0 Å². The lowest BCUT2D eigenvalue weighted by molar-refractivity contribution is 0.0698. The van der Waals surface area contributed by atoms with Gasteiger partial charge in [0.2, 0.25) is 0 Å². The van der Waals surface area contributed by atoms with E-state index in [1.165, 1.54) is 19.3 Å². The van der Waals surface area contributed by atoms with E-state index in [0.29, 0.717) is 5.69 Å². The Balaban J connectivity index is 1.61. The summed E-state index contributed by atoms with van der Waals surface area (Å²) in [6.07, 6.45) is 5.53. The van der Waals surface area contributed by atoms with E-state index in [1.807, 2.05) is 25.3 Å². The molecule has 0 amide bonds. The first-order chi connectivity index (χ1) is 15.5. The second-order valence-corrected chi connectivity index (χ2v) is 8.61. The van der Waals surface area contributed by atoms with E-state index >= 15 is 0 Å². The number of piperidine rings is 1. The molecule has 6 heteroatoms. The Morgan fingerprint density at radius 2 is 1.91 bits per heavy atom. The number of rotatable bonds is 5. The normalized spacial score (nSPS) is 15.2. The minimum Gasteiger partial charge on any atom is -0.478 e. The molecule has 0 radical (unpaired) electrons. The summed E-state index contributed by atoms with van der Waals surface area (Å²) in [6, 6.07) is 13.1. The van der Waals surface area contributed by atoms with Gasteiger partial charge in [0.15, 0.2) is 5.58 Å². The monoisotopic (exact) mass is 429 g/mol. The maximum Gasteiger partial charge on any atom is 0.337 e. The lowest BCUT2D eigenvalue weighted by atomic mass is 10.0. The average Bonchev–Trinajstić information content (AvgIpc) is 3.18. The van der Waals surface area contributed by atoms with Crippen molar-refractivity contribution in [2.75, 3.05) is 23.3 Å². The molecule has 5 rings (SSSR count). The average molecular weight is 430 g/mol. The van der Waals surface area contributed by atoms with Gasteiger partial charge in [-0.1, -0.05) is 18.2 Å². The highest BCUT2D eigenvalue weighted by atomic mass is 16.4. The smallest absolute Gasteiger partial charge is 0.337 e. The number of anilines is 2. The van der Waals surface area contributed by atoms with E-state index in [4.69, 9.17) is 4.42 Å². The van der Waals surface area contributed by atoms with Gasteiger partial charge in [-0.25, -0.2) is 4.79 Å². The molecule has 0 aliphatic carbocycles. The van der Waals surface area contributed by atoms with Crippen molar-refractivity contribution in [1.29, 1.82) is 0 Å². The van der Waals surface area contributed by atoms with Gasteiger partial charge in [0.25, 0.3) is 0 Å². The van der Waals surface area contributed by atoms with Gasteiger partial charge in [0.05, 0.1) is 17.3 Å². The molecule has 32 heavy (non-hydrogen) atoms. The Hall–Kier alpha value is -3.54. The first-order valence-electron chi connectivity index (χ1n) is 11.2. The summed E-state index contributed by atoms with van der Waals surface area (Å²) >= 11 is 0. The molecule has 1 fully saturated rings. The molecule has 3 heterocycles. The summed E-state index contributed by atoms with van der Waals surface area (Å²) in [5.41, 5.74) is 6.55. The van der Waals surface area contributed by atoms with E-state index in [-0.39, 0.29) is 11.6 Å². The van der Waals surface area contributed by atoms with Crippen LogP contribution in [-0.2, 0) is 0 Å². The number of nitrogens with zero attached hydrogens (tertiary/aromatic N) is 2. The fraction of sp³-hybridized carbons (Fsp3) is 0.308. The first-order valence-corrected chi connectivity index (χ1v) is 11.2. The number of carboxylic acids is 1. The minimum absolute atomic E-state index is 0.156. The van der Waals surface area contributed by atoms with Crippen molar-refractivity contribution >= 4 is 39.4 Å². The number of benzene rings is 2. The standard InChI is InChI=1S/C26H27N3O3/c1-16-14-19(17(2)28-21-9-5-4-8-18(21)26(30)31)24-20(15-16)23-25(32-24)22(10-11-27-23)29-12-6-3-7-13-29/h4-5,8-11,14-15,17,28H,3,6-7,12-13H2,1-2H3,(H,30,31)/t17-/m1/s1. The maximum absolute atomic E-state index is 11.6. The van der Waals surface area contributed by atoms with Gasteiger partial charge >= 0.3 is 5.97 Å². The zero-order chi connectivity index (χ0) is 22.2. The zero-order valence-electron chi connectivity index (χ0n) is 18.4. The summed E-state index contributed by atoms with van der Waals surface area (Å²) in [7, 11) is 0. The van der Waals surface area contributed by atoms with Crippen LogP contribution in [0.2, 0.25) is 0 Å². The Labute approximate surface area is 186 Å². The molecule has 2 aromatic carbocycles. The van der Waals surface area contributed by atoms with Crippen molar-refractivity contribution in [2.45, 2.75) is 39.2 Å². The topological polar surface area (TPSA) is 78.6 Å². The molecule has 0 unspecified atom stereocenters. The maximum atomic E-state index is 11.6. The van der Waals surface area contributed by atoms with Crippen molar-refractivity contribution in [3.8, 4) is 0 Å². The summed E-state index contributed by atoms with van der Waals surface area (Å²) in [6.45, 7) is 6.16. The predicted octanol–water partition coefficient (Wildman–Crippen LogP) is 6.15. The number of para-hydroxylation sites is 1. The highest BCUT2D eigenvalue weighted by molar-refractivity contribution is 6.07. The molecular formula is C26H27N3O3. The van der Waals surface area contributed by atoms with Crippen LogP contribution in [-0.4, -0.2) is 29.1 Å². The molecule has 0 saturated carbocycles. The van der Waals surface area contributed by atoms with Gasteiger partial charge in [-0.2, -0.15) is 0 Å². The van der Waals surface area contributed by atoms with Gasteiger partial charge in [0.1, 0.15) is 11.1 Å². The largest absolute Gasteiger partial charge is 0.478 e. The Morgan fingerprint density at radius 1 is 1.12 bits per heavy atom. The van der Waals surface area contributed by atoms with E-state index in [2.05, 4.69) is 34.3 Å². The molecule has 4 aromatic rings. The van der Waals surface area contributed by atoms with E-state index < -0.39 is 5.97 Å². The SMILES string of the molecule is Cc1cc([C@@H](C)Nc2ccccc2C(=O)O)c2oc3c(N4CCCCC4)ccnc3c2c1. The van der Waals surface area contributed by atoms with Crippen molar-refractivity contribution in [1.82, 2.24) is 4.98 Å². The van der Waals surface area contributed by atoms with Crippen molar-refractivity contribution in [3.63, 3.8) is 0 Å². The van der Waals surface area contributed by atoms with Crippen LogP contribution in [0.15, 0.2) is 53.1 Å². The first kappa shape index (κ1) is 20.4. The van der Waals surface area contributed by atoms with Gasteiger partial charge in [-0.3, -0.25) is 4.98 Å². The van der Waals surface area contributed by atoms with Crippen LogP contribution in [0.1, 0.15) is 53.7 Å². The Bertz CT molecular complexity index is 1300. The van der Waals surface area contributed by atoms with Crippen molar-refractivity contribution in [3.05, 3.63) is 65.4 Å². The van der Waals surface area contributed by atoms with Crippen LogP contribution in [0.3, 0.4) is 0 Å². The van der Waals surface area contributed by atoms with Crippen LogP contribution >= 0.6 is 0 Å². The number of furan rings is 1. The van der Waals surface area contributed by atoms with E-state index in [1.54, 1.807) is 18.2 Å². The molecule has 1 aliphatic rings. The number of aromatic carboxylic acids is 1. The molecule has 164 valence electrons. The van der Waals surface area contributed by atoms with Crippen molar-refractivity contribution < 1.29 is 14.3 Å².